The molecule has 2 heterocycles. The van der Waals surface area contributed by atoms with Crippen LogP contribution in [0, 0.1) is 5.92 Å². The number of carbonyl (C=O) groups is 2. The maximum atomic E-state index is 12.7. The smallest absolute Gasteiger partial charge is 0.253 e. The number of benzene rings is 1. The van der Waals surface area contributed by atoms with Gasteiger partial charge in [0.05, 0.1) is 13.2 Å². The lowest BCUT2D eigenvalue weighted by molar-refractivity contribution is -0.141. The van der Waals surface area contributed by atoms with Crippen molar-refractivity contribution in [1.29, 1.82) is 0 Å². The number of anilines is 1. The normalized spacial score (nSPS) is 18.7. The van der Waals surface area contributed by atoms with E-state index < -0.39 is 0 Å². The topological polar surface area (TPSA) is 53.1 Å². The van der Waals surface area contributed by atoms with Crippen molar-refractivity contribution in [3.63, 3.8) is 0 Å². The van der Waals surface area contributed by atoms with Crippen molar-refractivity contribution in [3.8, 4) is 0 Å². The van der Waals surface area contributed by atoms with Gasteiger partial charge in [-0.1, -0.05) is 0 Å². The third-order valence-electron chi connectivity index (χ3n) is 5.48. The van der Waals surface area contributed by atoms with E-state index in [1.807, 2.05) is 41.1 Å². The minimum Gasteiger partial charge on any atom is -0.378 e. The van der Waals surface area contributed by atoms with Crippen LogP contribution in [0.2, 0.25) is 0 Å². The summed E-state index contributed by atoms with van der Waals surface area (Å²) in [5, 5.41) is 0. The Hall–Kier alpha value is -2.08. The lowest BCUT2D eigenvalue weighted by Gasteiger charge is -2.35. The molecule has 3 rings (SSSR count). The van der Waals surface area contributed by atoms with E-state index in [0.717, 1.165) is 30.6 Å². The lowest BCUT2D eigenvalue weighted by atomic mass is 9.94. The number of nitrogens with zero attached hydrogens (tertiary/aromatic N) is 3. The van der Waals surface area contributed by atoms with Crippen LogP contribution in [0.1, 0.15) is 30.1 Å². The van der Waals surface area contributed by atoms with Crippen LogP contribution in [0.4, 0.5) is 5.69 Å². The van der Waals surface area contributed by atoms with Gasteiger partial charge in [0.25, 0.3) is 5.91 Å². The van der Waals surface area contributed by atoms with Crippen molar-refractivity contribution in [1.82, 2.24) is 9.80 Å². The van der Waals surface area contributed by atoms with Gasteiger partial charge in [-0.2, -0.15) is 0 Å². The number of ether oxygens (including phenoxy) is 1. The van der Waals surface area contributed by atoms with Gasteiger partial charge < -0.3 is 19.4 Å². The quantitative estimate of drug-likeness (QED) is 0.823. The molecule has 1 aromatic rings. The Kier molecular flexibility index (Phi) is 6.14. The van der Waals surface area contributed by atoms with Crippen molar-refractivity contribution >= 4 is 17.5 Å². The van der Waals surface area contributed by atoms with Crippen molar-refractivity contribution in [3.05, 3.63) is 29.8 Å². The third kappa shape index (κ3) is 4.18. The van der Waals surface area contributed by atoms with E-state index in [1.165, 1.54) is 0 Å². The molecule has 26 heavy (non-hydrogen) atoms. The summed E-state index contributed by atoms with van der Waals surface area (Å²) in [7, 11) is 2.03. The maximum absolute atomic E-state index is 12.7. The largest absolute Gasteiger partial charge is 0.378 e. The average Bonchev–Trinajstić information content (AvgIpc) is 2.73. The van der Waals surface area contributed by atoms with Crippen LogP contribution < -0.4 is 4.90 Å². The second-order valence-electron chi connectivity index (χ2n) is 7.07. The first-order chi connectivity index (χ1) is 12.6. The Morgan fingerprint density at radius 2 is 1.65 bits per heavy atom. The molecule has 2 amide bonds. The fourth-order valence-electron chi connectivity index (χ4n) is 3.60. The van der Waals surface area contributed by atoms with Crippen molar-refractivity contribution in [2.45, 2.75) is 19.8 Å². The fraction of sp³-hybridized carbons (Fsp3) is 0.600. The van der Waals surface area contributed by atoms with E-state index in [4.69, 9.17) is 4.74 Å². The maximum Gasteiger partial charge on any atom is 0.253 e. The highest BCUT2D eigenvalue weighted by Gasteiger charge is 2.31. The lowest BCUT2D eigenvalue weighted by Crippen LogP contribution is -2.47. The molecule has 1 aromatic carbocycles. The van der Waals surface area contributed by atoms with E-state index in [0.29, 0.717) is 39.4 Å². The molecule has 0 N–H and O–H groups in total. The third-order valence-corrected chi connectivity index (χ3v) is 5.48. The molecule has 0 bridgehead atoms. The van der Waals surface area contributed by atoms with Crippen LogP contribution in [0.3, 0.4) is 0 Å². The molecular weight excluding hydrogens is 330 g/mol. The molecule has 6 heteroatoms. The zero-order chi connectivity index (χ0) is 18.5. The monoisotopic (exact) mass is 359 g/mol. The number of piperidine rings is 1. The van der Waals surface area contributed by atoms with E-state index in [1.54, 1.807) is 0 Å². The van der Waals surface area contributed by atoms with E-state index in [9.17, 15) is 9.59 Å². The first-order valence-corrected chi connectivity index (χ1v) is 9.57. The van der Waals surface area contributed by atoms with Gasteiger partial charge in [0.2, 0.25) is 5.91 Å². The van der Waals surface area contributed by atoms with Gasteiger partial charge in [-0.25, -0.2) is 0 Å². The molecule has 0 aliphatic carbocycles. The van der Waals surface area contributed by atoms with Gasteiger partial charge in [0.15, 0.2) is 0 Å². The zero-order valence-corrected chi connectivity index (χ0v) is 15.8. The van der Waals surface area contributed by atoms with E-state index >= 15 is 0 Å². The van der Waals surface area contributed by atoms with Crippen LogP contribution in [0.5, 0.6) is 0 Å². The summed E-state index contributed by atoms with van der Waals surface area (Å²) in [6.45, 7) is 6.97. The molecule has 0 atom stereocenters. The summed E-state index contributed by atoms with van der Waals surface area (Å²) in [4.78, 5) is 31.2. The molecule has 0 unspecified atom stereocenters. The van der Waals surface area contributed by atoms with Gasteiger partial charge in [0.1, 0.15) is 0 Å². The van der Waals surface area contributed by atoms with Gasteiger partial charge >= 0.3 is 0 Å². The first kappa shape index (κ1) is 18.7. The minimum atomic E-state index is 0.0396. The summed E-state index contributed by atoms with van der Waals surface area (Å²) in [6, 6.07) is 7.78. The Balaban J connectivity index is 1.54. The number of hydrogen-bond donors (Lipinski definition) is 0. The van der Waals surface area contributed by atoms with Crippen LogP contribution in [0.25, 0.3) is 0 Å². The average molecular weight is 359 g/mol. The van der Waals surface area contributed by atoms with Crippen LogP contribution in [-0.2, 0) is 9.53 Å². The predicted molar refractivity (Wildman–Crippen MR) is 101 cm³/mol. The Bertz CT molecular complexity index is 618. The molecule has 2 aliphatic rings. The SMILES string of the molecule is CCN(C)c1ccc(C(=O)N2CCC(C(=O)N3CCOCC3)CC2)cc1. The molecule has 0 radical (unpaired) electrons. The van der Waals surface area contributed by atoms with Crippen LogP contribution >= 0.6 is 0 Å². The van der Waals surface area contributed by atoms with Gasteiger partial charge in [-0.15, -0.1) is 0 Å². The highest BCUT2D eigenvalue weighted by atomic mass is 16.5. The zero-order valence-electron chi connectivity index (χ0n) is 15.8. The molecule has 0 aromatic heterocycles. The van der Waals surface area contributed by atoms with Crippen LogP contribution in [0.15, 0.2) is 24.3 Å². The Labute approximate surface area is 155 Å². The Morgan fingerprint density at radius 3 is 2.23 bits per heavy atom. The molecule has 6 nitrogen and oxygen atoms in total. The van der Waals surface area contributed by atoms with Crippen LogP contribution in [-0.4, -0.2) is 74.6 Å². The van der Waals surface area contributed by atoms with Gasteiger partial charge in [-0.3, -0.25) is 9.59 Å². The number of morpholine rings is 1. The van der Waals surface area contributed by atoms with Crippen molar-refractivity contribution in [2.75, 3.05) is 57.9 Å². The number of rotatable bonds is 4. The highest BCUT2D eigenvalue weighted by Crippen LogP contribution is 2.22. The van der Waals surface area contributed by atoms with Gasteiger partial charge in [-0.05, 0) is 44.0 Å². The number of likely N-dealkylation sites (tertiary alicyclic amines) is 1. The molecule has 2 saturated heterocycles. The second-order valence-corrected chi connectivity index (χ2v) is 7.07. The second kappa shape index (κ2) is 8.54. The summed E-state index contributed by atoms with van der Waals surface area (Å²) < 4.78 is 5.32. The minimum absolute atomic E-state index is 0.0396. The molecule has 2 fully saturated rings. The summed E-state index contributed by atoms with van der Waals surface area (Å²) in [5.41, 5.74) is 1.83. The fourth-order valence-corrected chi connectivity index (χ4v) is 3.60. The molecular formula is C20H29N3O3. The highest BCUT2D eigenvalue weighted by molar-refractivity contribution is 5.94. The standard InChI is InChI=1S/C20H29N3O3/c1-3-21(2)18-6-4-16(5-7-18)19(24)22-10-8-17(9-11-22)20(25)23-12-14-26-15-13-23/h4-7,17H,3,8-15H2,1-2H3. The molecule has 2 aliphatic heterocycles. The number of carbonyl (C=O) groups excluding carboxylic acids is 2. The van der Waals surface area contributed by atoms with Crippen molar-refractivity contribution < 1.29 is 14.3 Å². The molecule has 0 spiro atoms. The van der Waals surface area contributed by atoms with E-state index in [2.05, 4.69) is 11.8 Å². The molecule has 0 saturated carbocycles. The number of amides is 2. The first-order valence-electron chi connectivity index (χ1n) is 9.57. The summed E-state index contributed by atoms with van der Waals surface area (Å²) in [6.07, 6.45) is 1.50. The van der Waals surface area contributed by atoms with E-state index in [-0.39, 0.29) is 17.7 Å². The summed E-state index contributed by atoms with van der Waals surface area (Å²) >= 11 is 0. The number of hydrogen-bond acceptors (Lipinski definition) is 4. The predicted octanol–water partition coefficient (Wildman–Crippen LogP) is 1.85. The Morgan fingerprint density at radius 1 is 1.04 bits per heavy atom. The molecule has 142 valence electrons. The summed E-state index contributed by atoms with van der Waals surface area (Å²) in [5.74, 6) is 0.332. The van der Waals surface area contributed by atoms with Gasteiger partial charge in [0, 0.05) is 56.9 Å². The van der Waals surface area contributed by atoms with Crippen molar-refractivity contribution in [2.24, 2.45) is 5.92 Å².